The van der Waals surface area contributed by atoms with Gasteiger partial charge >= 0.3 is 0 Å². The number of hydrogen-bond donors (Lipinski definition) is 2. The van der Waals surface area contributed by atoms with Crippen molar-refractivity contribution in [1.29, 1.82) is 0 Å². The van der Waals surface area contributed by atoms with E-state index in [1.807, 2.05) is 14.0 Å². The van der Waals surface area contributed by atoms with Crippen molar-refractivity contribution in [2.75, 3.05) is 18.9 Å². The van der Waals surface area contributed by atoms with Crippen molar-refractivity contribution in [3.63, 3.8) is 0 Å². The molecule has 0 saturated heterocycles. The second-order valence-corrected chi connectivity index (χ2v) is 4.55. The minimum atomic E-state index is -0.437. The lowest BCUT2D eigenvalue weighted by molar-refractivity contribution is -0.385. The Labute approximate surface area is 108 Å². The molecule has 1 heterocycles. The van der Waals surface area contributed by atoms with Gasteiger partial charge in [0.05, 0.1) is 9.40 Å². The second kappa shape index (κ2) is 5.92. The minimum absolute atomic E-state index is 0.0177. The van der Waals surface area contributed by atoms with E-state index in [2.05, 4.69) is 31.5 Å². The van der Waals surface area contributed by atoms with Gasteiger partial charge in [0.25, 0.3) is 5.69 Å². The van der Waals surface area contributed by atoms with Crippen molar-refractivity contribution >= 4 is 27.4 Å². The van der Waals surface area contributed by atoms with Gasteiger partial charge in [0.2, 0.25) is 0 Å². The summed E-state index contributed by atoms with van der Waals surface area (Å²) in [4.78, 5) is 14.3. The predicted octanol–water partition coefficient (Wildman–Crippen LogP) is 2.08. The number of hydrogen-bond acceptors (Lipinski definition) is 5. The molecule has 0 saturated carbocycles. The number of likely N-dealkylation sites (N-methyl/N-ethyl adjacent to an activating group) is 1. The minimum Gasteiger partial charge on any atom is -0.368 e. The zero-order valence-corrected chi connectivity index (χ0v) is 11.5. The summed E-state index contributed by atoms with van der Waals surface area (Å²) in [5.74, 6) is 0.621. The van der Waals surface area contributed by atoms with Crippen molar-refractivity contribution in [3.05, 3.63) is 26.3 Å². The normalized spacial score (nSPS) is 12.2. The molecule has 0 aliphatic heterocycles. The zero-order valence-electron chi connectivity index (χ0n) is 9.95. The Balaban J connectivity index is 2.89. The lowest BCUT2D eigenvalue weighted by atomic mass is 10.2. The Morgan fingerprint density at radius 1 is 1.65 bits per heavy atom. The molecule has 94 valence electrons. The van der Waals surface area contributed by atoms with Crippen molar-refractivity contribution in [1.82, 2.24) is 10.3 Å². The summed E-state index contributed by atoms with van der Waals surface area (Å²) in [5, 5.41) is 16.9. The van der Waals surface area contributed by atoms with Gasteiger partial charge in [0.15, 0.2) is 0 Å². The number of anilines is 1. The van der Waals surface area contributed by atoms with Crippen LogP contribution in [0.3, 0.4) is 0 Å². The SMILES string of the molecule is CNC(C)CNc1ncc([N+](=O)[O-])c(C)c1Br. The molecule has 17 heavy (non-hydrogen) atoms. The fourth-order valence-electron chi connectivity index (χ4n) is 1.23. The fourth-order valence-corrected chi connectivity index (χ4v) is 1.67. The van der Waals surface area contributed by atoms with E-state index in [4.69, 9.17) is 0 Å². The average molecular weight is 303 g/mol. The molecule has 1 rings (SSSR count). The van der Waals surface area contributed by atoms with Gasteiger partial charge in [-0.15, -0.1) is 0 Å². The fraction of sp³-hybridized carbons (Fsp3) is 0.500. The molecule has 6 nitrogen and oxygen atoms in total. The molecular formula is C10H15BrN4O2. The highest BCUT2D eigenvalue weighted by Gasteiger charge is 2.17. The third kappa shape index (κ3) is 3.37. The van der Waals surface area contributed by atoms with Crippen LogP contribution >= 0.6 is 15.9 Å². The van der Waals surface area contributed by atoms with Gasteiger partial charge in [0.1, 0.15) is 12.0 Å². The Morgan fingerprint density at radius 3 is 2.82 bits per heavy atom. The molecule has 1 atom stereocenters. The van der Waals surface area contributed by atoms with E-state index in [1.54, 1.807) is 6.92 Å². The average Bonchev–Trinajstić information content (AvgIpc) is 2.30. The van der Waals surface area contributed by atoms with Gasteiger partial charge in [-0.25, -0.2) is 4.98 Å². The topological polar surface area (TPSA) is 80.1 Å². The molecular weight excluding hydrogens is 288 g/mol. The highest BCUT2D eigenvalue weighted by atomic mass is 79.9. The Hall–Kier alpha value is -1.21. The first-order chi connectivity index (χ1) is 7.97. The molecule has 1 aromatic rings. The molecule has 1 unspecified atom stereocenters. The molecule has 0 fully saturated rings. The molecule has 0 radical (unpaired) electrons. The van der Waals surface area contributed by atoms with Crippen molar-refractivity contribution in [3.8, 4) is 0 Å². The van der Waals surface area contributed by atoms with E-state index in [9.17, 15) is 10.1 Å². The van der Waals surface area contributed by atoms with Crippen LogP contribution in [0.5, 0.6) is 0 Å². The van der Waals surface area contributed by atoms with Crippen LogP contribution in [0.4, 0.5) is 11.5 Å². The van der Waals surface area contributed by atoms with Gasteiger partial charge < -0.3 is 10.6 Å². The van der Waals surface area contributed by atoms with E-state index in [1.165, 1.54) is 6.20 Å². The molecule has 0 bridgehead atoms. The quantitative estimate of drug-likeness (QED) is 0.643. The van der Waals surface area contributed by atoms with E-state index < -0.39 is 4.92 Å². The first kappa shape index (κ1) is 13.9. The van der Waals surface area contributed by atoms with E-state index >= 15 is 0 Å². The summed E-state index contributed by atoms with van der Waals surface area (Å²) in [5.41, 5.74) is 0.591. The first-order valence-corrected chi connectivity index (χ1v) is 5.97. The van der Waals surface area contributed by atoms with Crippen LogP contribution in [0, 0.1) is 17.0 Å². The number of rotatable bonds is 5. The van der Waals surface area contributed by atoms with E-state index in [0.29, 0.717) is 28.4 Å². The Morgan fingerprint density at radius 2 is 2.29 bits per heavy atom. The van der Waals surface area contributed by atoms with Crippen molar-refractivity contribution < 1.29 is 4.92 Å². The summed E-state index contributed by atoms with van der Waals surface area (Å²) >= 11 is 3.32. The van der Waals surface area contributed by atoms with Crippen LogP contribution in [-0.4, -0.2) is 29.5 Å². The maximum atomic E-state index is 10.7. The van der Waals surface area contributed by atoms with Crippen molar-refractivity contribution in [2.45, 2.75) is 19.9 Å². The van der Waals surface area contributed by atoms with Gasteiger partial charge in [-0.05, 0) is 36.8 Å². The smallest absolute Gasteiger partial charge is 0.291 e. The summed E-state index contributed by atoms with van der Waals surface area (Å²) in [6.07, 6.45) is 1.27. The molecule has 1 aromatic heterocycles. The lowest BCUT2D eigenvalue weighted by Crippen LogP contribution is -2.29. The van der Waals surface area contributed by atoms with Gasteiger partial charge in [-0.3, -0.25) is 10.1 Å². The van der Waals surface area contributed by atoms with Crippen LogP contribution in [0.25, 0.3) is 0 Å². The van der Waals surface area contributed by atoms with Crippen LogP contribution in [0.1, 0.15) is 12.5 Å². The van der Waals surface area contributed by atoms with E-state index in [-0.39, 0.29) is 5.69 Å². The van der Waals surface area contributed by atoms with Crippen LogP contribution in [-0.2, 0) is 0 Å². The highest BCUT2D eigenvalue weighted by molar-refractivity contribution is 9.10. The number of pyridine rings is 1. The third-order valence-corrected chi connectivity index (χ3v) is 3.47. The maximum absolute atomic E-state index is 10.7. The van der Waals surface area contributed by atoms with Crippen LogP contribution in [0.2, 0.25) is 0 Å². The standard InChI is InChI=1S/C10H15BrN4O2/c1-6(12-3)4-13-10-9(11)7(2)8(5-14-10)15(16)17/h5-6,12H,4H2,1-3H3,(H,13,14). The molecule has 0 spiro atoms. The molecule has 7 heteroatoms. The largest absolute Gasteiger partial charge is 0.368 e. The van der Waals surface area contributed by atoms with Crippen molar-refractivity contribution in [2.24, 2.45) is 0 Å². The summed E-state index contributed by atoms with van der Waals surface area (Å²) in [6.45, 7) is 4.41. The summed E-state index contributed by atoms with van der Waals surface area (Å²) in [6, 6.07) is 0.291. The molecule has 0 aliphatic rings. The van der Waals surface area contributed by atoms with Gasteiger partial charge in [-0.1, -0.05) is 0 Å². The molecule has 0 aromatic carbocycles. The number of halogens is 1. The molecule has 0 aliphatic carbocycles. The predicted molar refractivity (Wildman–Crippen MR) is 70.3 cm³/mol. The number of nitrogens with one attached hydrogen (secondary N) is 2. The first-order valence-electron chi connectivity index (χ1n) is 5.18. The van der Waals surface area contributed by atoms with Gasteiger partial charge in [0, 0.05) is 18.2 Å². The highest BCUT2D eigenvalue weighted by Crippen LogP contribution is 2.30. The Kier molecular flexibility index (Phi) is 4.83. The molecule has 2 N–H and O–H groups in total. The number of nitro groups is 1. The molecule has 0 amide bonds. The number of nitrogens with zero attached hydrogens (tertiary/aromatic N) is 2. The third-order valence-electron chi connectivity index (χ3n) is 2.50. The maximum Gasteiger partial charge on any atom is 0.291 e. The van der Waals surface area contributed by atoms with Crippen LogP contribution < -0.4 is 10.6 Å². The number of aromatic nitrogens is 1. The summed E-state index contributed by atoms with van der Waals surface area (Å²) in [7, 11) is 1.87. The summed E-state index contributed by atoms with van der Waals surface area (Å²) < 4.78 is 0.634. The monoisotopic (exact) mass is 302 g/mol. The van der Waals surface area contributed by atoms with Crippen LogP contribution in [0.15, 0.2) is 10.7 Å². The zero-order chi connectivity index (χ0) is 13.0. The Bertz CT molecular complexity index is 425. The second-order valence-electron chi connectivity index (χ2n) is 3.76. The van der Waals surface area contributed by atoms with E-state index in [0.717, 1.165) is 0 Å². The lowest BCUT2D eigenvalue weighted by Gasteiger charge is -2.13. The van der Waals surface area contributed by atoms with Gasteiger partial charge in [-0.2, -0.15) is 0 Å².